The number of rotatable bonds is 7. The monoisotopic (exact) mass is 269 g/mol. The summed E-state index contributed by atoms with van der Waals surface area (Å²) < 4.78 is 0. The van der Waals surface area contributed by atoms with E-state index in [0.717, 1.165) is 12.8 Å². The van der Waals surface area contributed by atoms with Crippen LogP contribution in [0, 0.1) is 11.8 Å². The van der Waals surface area contributed by atoms with Crippen LogP contribution in [0.3, 0.4) is 0 Å². The quantitative estimate of drug-likeness (QED) is 0.746. The molecule has 0 aromatic heterocycles. The van der Waals surface area contributed by atoms with Crippen LogP contribution in [0.15, 0.2) is 0 Å². The van der Waals surface area contributed by atoms with Gasteiger partial charge in [0.25, 0.3) is 0 Å². The van der Waals surface area contributed by atoms with Crippen LogP contribution in [-0.4, -0.2) is 23.0 Å². The van der Waals surface area contributed by atoms with Gasteiger partial charge >= 0.3 is 5.97 Å². The molecule has 0 aliphatic heterocycles. The van der Waals surface area contributed by atoms with Crippen LogP contribution in [0.4, 0.5) is 0 Å². The Morgan fingerprint density at radius 3 is 2.42 bits per heavy atom. The van der Waals surface area contributed by atoms with Gasteiger partial charge in [-0.15, -0.1) is 0 Å². The van der Waals surface area contributed by atoms with Crippen molar-refractivity contribution in [3.8, 4) is 0 Å². The van der Waals surface area contributed by atoms with Crippen molar-refractivity contribution in [3.05, 3.63) is 0 Å². The molecule has 4 nitrogen and oxygen atoms in total. The van der Waals surface area contributed by atoms with Gasteiger partial charge in [0, 0.05) is 6.42 Å². The Kier molecular flexibility index (Phi) is 6.89. The zero-order chi connectivity index (χ0) is 14.3. The average molecular weight is 269 g/mol. The minimum atomic E-state index is -0.930. The van der Waals surface area contributed by atoms with Crippen LogP contribution in [0.25, 0.3) is 0 Å². The lowest BCUT2D eigenvalue weighted by Gasteiger charge is -2.23. The fraction of sp³-hybridized carbons (Fsp3) is 0.867. The van der Waals surface area contributed by atoms with Crippen molar-refractivity contribution in [2.45, 2.75) is 71.3 Å². The Morgan fingerprint density at radius 2 is 1.89 bits per heavy atom. The van der Waals surface area contributed by atoms with Gasteiger partial charge in [-0.3, -0.25) is 4.79 Å². The van der Waals surface area contributed by atoms with E-state index in [-0.39, 0.29) is 11.8 Å². The molecule has 2 N–H and O–H groups in total. The summed E-state index contributed by atoms with van der Waals surface area (Å²) in [5, 5.41) is 11.8. The molecule has 1 saturated carbocycles. The number of nitrogens with one attached hydrogen (secondary N) is 1. The van der Waals surface area contributed by atoms with Gasteiger partial charge in [0.1, 0.15) is 6.04 Å². The minimum absolute atomic E-state index is 0.0314. The largest absolute Gasteiger partial charge is 0.480 e. The van der Waals surface area contributed by atoms with E-state index in [0.29, 0.717) is 12.3 Å². The summed E-state index contributed by atoms with van der Waals surface area (Å²) in [6.45, 7) is 3.80. The molecule has 2 atom stereocenters. The predicted molar refractivity (Wildman–Crippen MR) is 74.8 cm³/mol. The van der Waals surface area contributed by atoms with Gasteiger partial charge in [-0.05, 0) is 18.3 Å². The Labute approximate surface area is 116 Å². The van der Waals surface area contributed by atoms with Crippen molar-refractivity contribution in [1.29, 1.82) is 0 Å². The van der Waals surface area contributed by atoms with Crippen molar-refractivity contribution in [2.75, 3.05) is 0 Å². The Morgan fingerprint density at radius 1 is 1.26 bits per heavy atom. The number of amides is 1. The topological polar surface area (TPSA) is 66.4 Å². The van der Waals surface area contributed by atoms with Crippen molar-refractivity contribution in [2.24, 2.45) is 11.8 Å². The summed E-state index contributed by atoms with van der Waals surface area (Å²) in [6.07, 6.45) is 8.43. The standard InChI is InChI=1S/C15H27NO3/c1-3-11(2)14(15(18)19)16-13(17)10-9-12-7-5-4-6-8-12/h11-12,14H,3-10H2,1-2H3,(H,16,17)(H,18,19)/t11-,14-/m0/s1. The zero-order valence-corrected chi connectivity index (χ0v) is 12.2. The summed E-state index contributed by atoms with van der Waals surface area (Å²) in [6, 6.07) is -0.746. The van der Waals surface area contributed by atoms with Crippen molar-refractivity contribution in [1.82, 2.24) is 5.32 Å². The summed E-state index contributed by atoms with van der Waals surface area (Å²) >= 11 is 0. The third-order valence-electron chi connectivity index (χ3n) is 4.30. The smallest absolute Gasteiger partial charge is 0.326 e. The lowest BCUT2D eigenvalue weighted by Crippen LogP contribution is -2.45. The Hall–Kier alpha value is -1.06. The average Bonchev–Trinajstić information content (AvgIpc) is 2.42. The van der Waals surface area contributed by atoms with Gasteiger partial charge in [0.2, 0.25) is 5.91 Å². The van der Waals surface area contributed by atoms with E-state index in [1.807, 2.05) is 13.8 Å². The van der Waals surface area contributed by atoms with E-state index >= 15 is 0 Å². The third-order valence-corrected chi connectivity index (χ3v) is 4.30. The van der Waals surface area contributed by atoms with Crippen LogP contribution in [0.5, 0.6) is 0 Å². The maximum Gasteiger partial charge on any atom is 0.326 e. The number of carboxylic acids is 1. The summed E-state index contributed by atoms with van der Waals surface area (Å²) in [7, 11) is 0. The van der Waals surface area contributed by atoms with Gasteiger partial charge in [0.05, 0.1) is 0 Å². The number of hydrogen-bond donors (Lipinski definition) is 2. The first-order chi connectivity index (χ1) is 9.04. The highest BCUT2D eigenvalue weighted by molar-refractivity contribution is 5.83. The molecule has 1 amide bonds. The summed E-state index contributed by atoms with van der Waals surface area (Å²) in [5.41, 5.74) is 0. The van der Waals surface area contributed by atoms with Gasteiger partial charge in [-0.2, -0.15) is 0 Å². The highest BCUT2D eigenvalue weighted by atomic mass is 16.4. The SMILES string of the molecule is CC[C@H](C)[C@H](NC(=O)CCC1CCCCC1)C(=O)O. The first-order valence-electron chi connectivity index (χ1n) is 7.56. The van der Waals surface area contributed by atoms with Gasteiger partial charge in [-0.1, -0.05) is 52.4 Å². The second-order valence-electron chi connectivity index (χ2n) is 5.81. The number of carboxylic acid groups (broad SMARTS) is 1. The van der Waals surface area contributed by atoms with Crippen LogP contribution in [0.2, 0.25) is 0 Å². The molecule has 0 unspecified atom stereocenters. The van der Waals surface area contributed by atoms with E-state index in [2.05, 4.69) is 5.32 Å². The lowest BCUT2D eigenvalue weighted by molar-refractivity contribution is -0.143. The van der Waals surface area contributed by atoms with Crippen LogP contribution in [-0.2, 0) is 9.59 Å². The number of aliphatic carboxylic acids is 1. The Bertz CT molecular complexity index is 298. The maximum absolute atomic E-state index is 11.8. The second-order valence-corrected chi connectivity index (χ2v) is 5.81. The summed E-state index contributed by atoms with van der Waals surface area (Å²) in [5.74, 6) is -0.416. The van der Waals surface area contributed by atoms with E-state index < -0.39 is 12.0 Å². The molecule has 1 rings (SSSR count). The molecule has 0 spiro atoms. The molecule has 0 bridgehead atoms. The molecule has 1 fully saturated rings. The first-order valence-corrected chi connectivity index (χ1v) is 7.56. The highest BCUT2D eigenvalue weighted by Crippen LogP contribution is 2.27. The molecule has 0 radical (unpaired) electrons. The molecular weight excluding hydrogens is 242 g/mol. The van der Waals surface area contributed by atoms with Crippen LogP contribution in [0.1, 0.15) is 65.2 Å². The molecule has 0 aromatic carbocycles. The highest BCUT2D eigenvalue weighted by Gasteiger charge is 2.25. The predicted octanol–water partition coefficient (Wildman–Crippen LogP) is 2.96. The van der Waals surface area contributed by atoms with Gasteiger partial charge in [0.15, 0.2) is 0 Å². The van der Waals surface area contributed by atoms with Crippen molar-refractivity contribution < 1.29 is 14.7 Å². The molecule has 0 aromatic rings. The lowest BCUT2D eigenvalue weighted by atomic mass is 9.86. The number of carbonyl (C=O) groups is 2. The number of carbonyl (C=O) groups excluding carboxylic acids is 1. The molecule has 4 heteroatoms. The fourth-order valence-corrected chi connectivity index (χ4v) is 2.74. The van der Waals surface area contributed by atoms with E-state index in [1.54, 1.807) is 0 Å². The Balaban J connectivity index is 2.33. The molecule has 0 heterocycles. The molecule has 110 valence electrons. The van der Waals surface area contributed by atoms with Gasteiger partial charge in [-0.25, -0.2) is 4.79 Å². The molecule has 19 heavy (non-hydrogen) atoms. The van der Waals surface area contributed by atoms with Crippen molar-refractivity contribution >= 4 is 11.9 Å². The zero-order valence-electron chi connectivity index (χ0n) is 12.2. The summed E-state index contributed by atoms with van der Waals surface area (Å²) in [4.78, 5) is 23.0. The fourth-order valence-electron chi connectivity index (χ4n) is 2.74. The van der Waals surface area contributed by atoms with E-state index in [1.165, 1.54) is 32.1 Å². The molecule has 0 saturated heterocycles. The van der Waals surface area contributed by atoms with Crippen LogP contribution >= 0.6 is 0 Å². The molecule has 1 aliphatic rings. The molecular formula is C15H27NO3. The van der Waals surface area contributed by atoms with Crippen LogP contribution < -0.4 is 5.32 Å². The second kappa shape index (κ2) is 8.18. The van der Waals surface area contributed by atoms with Crippen molar-refractivity contribution in [3.63, 3.8) is 0 Å². The normalized spacial score (nSPS) is 19.7. The van der Waals surface area contributed by atoms with Gasteiger partial charge < -0.3 is 10.4 Å². The minimum Gasteiger partial charge on any atom is -0.480 e. The molecule has 1 aliphatic carbocycles. The van der Waals surface area contributed by atoms with E-state index in [9.17, 15) is 9.59 Å². The third kappa shape index (κ3) is 5.62. The number of hydrogen-bond acceptors (Lipinski definition) is 2. The first kappa shape index (κ1) is 16.0. The van der Waals surface area contributed by atoms with E-state index in [4.69, 9.17) is 5.11 Å². The maximum atomic E-state index is 11.8.